The molecule has 0 fully saturated rings. The Balaban J connectivity index is 1.93. The summed E-state index contributed by atoms with van der Waals surface area (Å²) < 4.78 is 0. The minimum Gasteiger partial charge on any atom is -0.336 e. The van der Waals surface area contributed by atoms with Crippen molar-refractivity contribution in [3.05, 3.63) is 58.3 Å². The molecule has 0 saturated carbocycles. The number of para-hydroxylation sites is 2. The van der Waals surface area contributed by atoms with Crippen molar-refractivity contribution >= 4 is 45.6 Å². The molecule has 0 bridgehead atoms. The molecule has 0 atom stereocenters. The molecule has 108 valence electrons. The van der Waals surface area contributed by atoms with Crippen LogP contribution in [0.2, 0.25) is 10.0 Å². The number of hydrazone groups is 1. The first-order valence-electron chi connectivity index (χ1n) is 6.31. The Kier molecular flexibility index (Phi) is 3.96. The number of benzene rings is 2. The van der Waals surface area contributed by atoms with Crippen LogP contribution in [-0.2, 0) is 0 Å². The van der Waals surface area contributed by atoms with Gasteiger partial charge >= 0.3 is 0 Å². The smallest absolute Gasteiger partial charge is 0.203 e. The van der Waals surface area contributed by atoms with E-state index in [1.807, 2.05) is 30.3 Å². The maximum Gasteiger partial charge on any atom is 0.203 e. The van der Waals surface area contributed by atoms with Crippen LogP contribution in [0.5, 0.6) is 0 Å². The van der Waals surface area contributed by atoms with Gasteiger partial charge in [0.15, 0.2) is 5.82 Å². The van der Waals surface area contributed by atoms with Gasteiger partial charge in [0.2, 0.25) is 5.71 Å². The van der Waals surface area contributed by atoms with E-state index in [4.69, 9.17) is 23.2 Å². The minimum atomic E-state index is 0.118. The number of fused-ring (bicyclic) bond motifs is 1. The van der Waals surface area contributed by atoms with Gasteiger partial charge in [-0.05, 0) is 30.3 Å². The minimum absolute atomic E-state index is 0.118. The lowest BCUT2D eigenvalue weighted by atomic mass is 10.3. The Labute approximate surface area is 136 Å². The van der Waals surface area contributed by atoms with E-state index in [9.17, 15) is 5.26 Å². The molecular weight excluding hydrogens is 321 g/mol. The Hall–Kier alpha value is -2.55. The van der Waals surface area contributed by atoms with Gasteiger partial charge in [-0.1, -0.05) is 35.3 Å². The maximum absolute atomic E-state index is 9.27. The van der Waals surface area contributed by atoms with Crippen LogP contribution in [0.4, 0.5) is 5.69 Å². The Morgan fingerprint density at radius 1 is 1.23 bits per heavy atom. The molecule has 0 saturated heterocycles. The first kappa shape index (κ1) is 14.4. The van der Waals surface area contributed by atoms with Crippen LogP contribution >= 0.6 is 23.2 Å². The molecule has 7 heteroatoms. The fourth-order valence-electron chi connectivity index (χ4n) is 1.90. The first-order valence-corrected chi connectivity index (χ1v) is 7.07. The predicted octanol–water partition coefficient (Wildman–Crippen LogP) is 4.21. The van der Waals surface area contributed by atoms with Crippen molar-refractivity contribution in [3.63, 3.8) is 0 Å². The van der Waals surface area contributed by atoms with Crippen molar-refractivity contribution in [2.24, 2.45) is 5.10 Å². The van der Waals surface area contributed by atoms with Crippen LogP contribution in [0.3, 0.4) is 0 Å². The topological polar surface area (TPSA) is 76.9 Å². The van der Waals surface area contributed by atoms with E-state index in [2.05, 4.69) is 20.5 Å². The van der Waals surface area contributed by atoms with Gasteiger partial charge in [0, 0.05) is 5.02 Å². The number of nitrogens with zero attached hydrogens (tertiary/aromatic N) is 3. The maximum atomic E-state index is 9.27. The quantitative estimate of drug-likeness (QED) is 0.558. The first-order chi connectivity index (χ1) is 10.7. The number of anilines is 1. The van der Waals surface area contributed by atoms with Gasteiger partial charge in [0.05, 0.1) is 21.7 Å². The number of aromatic nitrogens is 2. The number of rotatable bonds is 3. The molecule has 0 amide bonds. The molecular formula is C15H9Cl2N5. The number of H-pyrrole nitrogens is 1. The van der Waals surface area contributed by atoms with E-state index in [1.54, 1.807) is 18.2 Å². The Morgan fingerprint density at radius 2 is 2.05 bits per heavy atom. The zero-order chi connectivity index (χ0) is 15.5. The number of nitriles is 1. The van der Waals surface area contributed by atoms with Gasteiger partial charge in [-0.25, -0.2) is 4.98 Å². The summed E-state index contributed by atoms with van der Waals surface area (Å²) in [7, 11) is 0. The molecule has 0 aliphatic heterocycles. The molecule has 22 heavy (non-hydrogen) atoms. The van der Waals surface area contributed by atoms with Crippen LogP contribution in [0.15, 0.2) is 47.6 Å². The van der Waals surface area contributed by atoms with Crippen molar-refractivity contribution in [2.75, 3.05) is 5.43 Å². The van der Waals surface area contributed by atoms with Gasteiger partial charge in [0.1, 0.15) is 6.07 Å². The highest BCUT2D eigenvalue weighted by molar-refractivity contribution is 6.35. The Bertz CT molecular complexity index is 875. The van der Waals surface area contributed by atoms with Crippen LogP contribution in [-0.4, -0.2) is 15.7 Å². The molecule has 2 N–H and O–H groups in total. The predicted molar refractivity (Wildman–Crippen MR) is 88.3 cm³/mol. The van der Waals surface area contributed by atoms with E-state index < -0.39 is 0 Å². The van der Waals surface area contributed by atoms with Gasteiger partial charge in [0.25, 0.3) is 0 Å². The largest absolute Gasteiger partial charge is 0.336 e. The summed E-state index contributed by atoms with van der Waals surface area (Å²) >= 11 is 11.9. The van der Waals surface area contributed by atoms with Gasteiger partial charge in [-0.3, -0.25) is 5.43 Å². The second-order valence-electron chi connectivity index (χ2n) is 4.41. The molecule has 5 nitrogen and oxygen atoms in total. The third kappa shape index (κ3) is 2.89. The highest BCUT2D eigenvalue weighted by Gasteiger charge is 2.09. The lowest BCUT2D eigenvalue weighted by Crippen LogP contribution is -2.04. The molecule has 1 heterocycles. The average Bonchev–Trinajstić information content (AvgIpc) is 2.95. The lowest BCUT2D eigenvalue weighted by molar-refractivity contribution is 1.25. The zero-order valence-electron chi connectivity index (χ0n) is 11.1. The number of aromatic amines is 1. The van der Waals surface area contributed by atoms with E-state index >= 15 is 0 Å². The molecule has 0 aliphatic rings. The highest BCUT2D eigenvalue weighted by Crippen LogP contribution is 2.25. The summed E-state index contributed by atoms with van der Waals surface area (Å²) in [6, 6.07) is 14.4. The summed E-state index contributed by atoms with van der Waals surface area (Å²) in [5.74, 6) is 0.384. The van der Waals surface area contributed by atoms with Crippen molar-refractivity contribution in [2.45, 2.75) is 0 Å². The summed E-state index contributed by atoms with van der Waals surface area (Å²) in [6.45, 7) is 0. The number of hydrogen-bond donors (Lipinski definition) is 2. The standard InChI is InChI=1S/C15H9Cl2N5/c16-9-5-6-10(17)13(7-9)21-22-14(8-18)15-19-11-3-1-2-4-12(11)20-15/h1-7,21H,(H,19,20). The summed E-state index contributed by atoms with van der Waals surface area (Å²) in [4.78, 5) is 7.37. The molecule has 2 aromatic carbocycles. The number of halogens is 2. The molecule has 0 unspecified atom stereocenters. The number of imidazole rings is 1. The second-order valence-corrected chi connectivity index (χ2v) is 5.25. The summed E-state index contributed by atoms with van der Waals surface area (Å²) in [5, 5.41) is 14.3. The van der Waals surface area contributed by atoms with Gasteiger partial charge in [-0.2, -0.15) is 10.4 Å². The van der Waals surface area contributed by atoms with Crippen LogP contribution in [0, 0.1) is 11.3 Å². The fraction of sp³-hybridized carbons (Fsp3) is 0. The number of nitrogens with one attached hydrogen (secondary N) is 2. The average molecular weight is 330 g/mol. The molecule has 0 aliphatic carbocycles. The second kappa shape index (κ2) is 6.06. The molecule has 0 spiro atoms. The third-order valence-electron chi connectivity index (χ3n) is 2.94. The normalized spacial score (nSPS) is 11.4. The molecule has 1 aromatic heterocycles. The molecule has 3 aromatic rings. The van der Waals surface area contributed by atoms with Gasteiger partial charge < -0.3 is 4.98 Å². The summed E-state index contributed by atoms with van der Waals surface area (Å²) in [6.07, 6.45) is 0. The fourth-order valence-corrected chi connectivity index (χ4v) is 2.23. The Morgan fingerprint density at radius 3 is 2.82 bits per heavy atom. The van der Waals surface area contributed by atoms with E-state index in [1.165, 1.54) is 0 Å². The van der Waals surface area contributed by atoms with E-state index in [0.717, 1.165) is 11.0 Å². The van der Waals surface area contributed by atoms with Crippen molar-refractivity contribution in [3.8, 4) is 6.07 Å². The molecule has 3 rings (SSSR count). The van der Waals surface area contributed by atoms with Crippen molar-refractivity contribution in [1.29, 1.82) is 5.26 Å². The van der Waals surface area contributed by atoms with Crippen molar-refractivity contribution in [1.82, 2.24) is 9.97 Å². The van der Waals surface area contributed by atoms with E-state index in [-0.39, 0.29) is 5.71 Å². The zero-order valence-corrected chi connectivity index (χ0v) is 12.7. The van der Waals surface area contributed by atoms with Crippen LogP contribution in [0.25, 0.3) is 11.0 Å². The van der Waals surface area contributed by atoms with Crippen molar-refractivity contribution < 1.29 is 0 Å². The van der Waals surface area contributed by atoms with Gasteiger partial charge in [-0.15, -0.1) is 0 Å². The number of hydrogen-bond acceptors (Lipinski definition) is 4. The van der Waals surface area contributed by atoms with Crippen LogP contribution in [0.1, 0.15) is 5.82 Å². The third-order valence-corrected chi connectivity index (χ3v) is 3.50. The van der Waals surface area contributed by atoms with E-state index in [0.29, 0.717) is 21.6 Å². The SMILES string of the molecule is N#CC(=NNc1cc(Cl)ccc1Cl)c1nc2ccccc2[nH]1. The highest BCUT2D eigenvalue weighted by atomic mass is 35.5. The lowest BCUT2D eigenvalue weighted by Gasteiger charge is -2.03. The van der Waals surface area contributed by atoms with Crippen LogP contribution < -0.4 is 5.43 Å². The monoisotopic (exact) mass is 329 g/mol. The molecule has 0 radical (unpaired) electrons. The summed E-state index contributed by atoms with van der Waals surface area (Å²) in [5.41, 5.74) is 4.97.